The zero-order chi connectivity index (χ0) is 14.8. The van der Waals surface area contributed by atoms with Gasteiger partial charge in [0.25, 0.3) is 16.0 Å². The van der Waals surface area contributed by atoms with Gasteiger partial charge in [-0.2, -0.15) is 5.10 Å². The second kappa shape index (κ2) is 5.37. The van der Waals surface area contributed by atoms with Crippen LogP contribution in [0.25, 0.3) is 0 Å². The Morgan fingerprint density at radius 2 is 1.85 bits per heavy atom. The first-order chi connectivity index (χ1) is 9.42. The van der Waals surface area contributed by atoms with E-state index in [2.05, 4.69) is 30.2 Å². The summed E-state index contributed by atoms with van der Waals surface area (Å²) in [4.78, 5) is 8.00. The van der Waals surface area contributed by atoms with Gasteiger partial charge in [0, 0.05) is 13.2 Å². The Kier molecular flexibility index (Phi) is 3.79. The second-order valence-corrected chi connectivity index (χ2v) is 5.72. The van der Waals surface area contributed by atoms with Gasteiger partial charge in [-0.25, -0.2) is 23.1 Å². The minimum Gasteiger partial charge on any atom is -0.373 e. The fourth-order valence-electron chi connectivity index (χ4n) is 1.37. The van der Waals surface area contributed by atoms with Gasteiger partial charge in [0.1, 0.15) is 10.7 Å². The Balaban J connectivity index is 2.27. The molecule has 0 aromatic carbocycles. The van der Waals surface area contributed by atoms with E-state index in [1.165, 1.54) is 12.3 Å². The van der Waals surface area contributed by atoms with Gasteiger partial charge in [0.2, 0.25) is 0 Å². The molecule has 0 spiro atoms. The van der Waals surface area contributed by atoms with Crippen molar-refractivity contribution in [2.45, 2.75) is 18.7 Å². The Morgan fingerprint density at radius 3 is 2.40 bits per heavy atom. The molecule has 2 rings (SSSR count). The van der Waals surface area contributed by atoms with Crippen LogP contribution in [0.4, 0.5) is 11.8 Å². The summed E-state index contributed by atoms with van der Waals surface area (Å²) in [5.74, 6) is 0.513. The monoisotopic (exact) mass is 294 g/mol. The highest BCUT2D eigenvalue weighted by molar-refractivity contribution is 7.92. The summed E-state index contributed by atoms with van der Waals surface area (Å²) in [5.41, 5.74) is 1.26. The van der Waals surface area contributed by atoms with Crippen molar-refractivity contribution in [1.29, 1.82) is 0 Å². The number of hydrogen-bond acceptors (Lipinski definition) is 7. The summed E-state index contributed by atoms with van der Waals surface area (Å²) in [6.07, 6.45) is 1.25. The highest BCUT2D eigenvalue weighted by atomic mass is 32.2. The van der Waals surface area contributed by atoms with Gasteiger partial charge in [-0.3, -0.25) is 0 Å². The van der Waals surface area contributed by atoms with Gasteiger partial charge in [-0.05, 0) is 26.0 Å². The number of rotatable bonds is 4. The van der Waals surface area contributed by atoms with Crippen molar-refractivity contribution in [1.82, 2.24) is 20.2 Å². The third-order valence-corrected chi connectivity index (χ3v) is 3.93. The lowest BCUT2D eigenvalue weighted by Crippen LogP contribution is -2.16. The molecule has 0 saturated carbocycles. The molecule has 0 unspecified atom stereocenters. The number of sulfonamides is 1. The van der Waals surface area contributed by atoms with E-state index in [9.17, 15) is 8.42 Å². The maximum atomic E-state index is 12.1. The third kappa shape index (κ3) is 2.99. The summed E-state index contributed by atoms with van der Waals surface area (Å²) < 4.78 is 26.5. The zero-order valence-electron chi connectivity index (χ0n) is 11.2. The van der Waals surface area contributed by atoms with Crippen LogP contribution in [0, 0.1) is 13.8 Å². The maximum absolute atomic E-state index is 12.1. The van der Waals surface area contributed by atoms with Crippen LogP contribution < -0.4 is 10.0 Å². The first-order valence-electron chi connectivity index (χ1n) is 5.77. The Morgan fingerprint density at radius 1 is 1.10 bits per heavy atom. The van der Waals surface area contributed by atoms with Crippen LogP contribution in [0.2, 0.25) is 0 Å². The molecule has 0 saturated heterocycles. The predicted molar refractivity (Wildman–Crippen MR) is 73.9 cm³/mol. The molecular formula is C11H14N6O2S. The summed E-state index contributed by atoms with van der Waals surface area (Å²) >= 11 is 0. The zero-order valence-corrected chi connectivity index (χ0v) is 12.1. The van der Waals surface area contributed by atoms with Crippen molar-refractivity contribution in [2.24, 2.45) is 0 Å². The van der Waals surface area contributed by atoms with Crippen molar-refractivity contribution < 1.29 is 8.42 Å². The van der Waals surface area contributed by atoms with Crippen LogP contribution in [-0.2, 0) is 10.0 Å². The molecule has 0 fully saturated rings. The lowest BCUT2D eigenvalue weighted by Gasteiger charge is -2.07. The van der Waals surface area contributed by atoms with Gasteiger partial charge < -0.3 is 5.32 Å². The minimum atomic E-state index is -3.77. The van der Waals surface area contributed by atoms with Gasteiger partial charge in [0.05, 0.1) is 11.4 Å². The number of nitrogens with one attached hydrogen (secondary N) is 2. The van der Waals surface area contributed by atoms with E-state index in [4.69, 9.17) is 0 Å². The number of nitrogens with zero attached hydrogens (tertiary/aromatic N) is 4. The quantitative estimate of drug-likeness (QED) is 0.855. The standard InChI is InChI=1S/C11H14N6O2S/c1-7-8(2)15-16-11(14-7)17-20(18,19)9-4-5-10(12-3)13-6-9/h4-6H,1-3H3,(H,12,13)(H,14,16,17). The third-order valence-electron chi connectivity index (χ3n) is 2.62. The largest absolute Gasteiger partial charge is 0.373 e. The van der Waals surface area contributed by atoms with Crippen molar-refractivity contribution in [3.63, 3.8) is 0 Å². The second-order valence-electron chi connectivity index (χ2n) is 4.04. The van der Waals surface area contributed by atoms with Gasteiger partial charge >= 0.3 is 0 Å². The molecule has 2 aromatic rings. The predicted octanol–water partition coefficient (Wildman–Crippen LogP) is 0.726. The molecule has 0 amide bonds. The fourth-order valence-corrected chi connectivity index (χ4v) is 2.25. The number of pyridine rings is 1. The van der Waals surface area contributed by atoms with Crippen LogP contribution in [-0.4, -0.2) is 35.6 Å². The van der Waals surface area contributed by atoms with E-state index in [0.29, 0.717) is 17.2 Å². The van der Waals surface area contributed by atoms with Crippen LogP contribution >= 0.6 is 0 Å². The number of anilines is 2. The Bertz CT molecular complexity index is 714. The van der Waals surface area contributed by atoms with Crippen molar-refractivity contribution in [3.8, 4) is 0 Å². The van der Waals surface area contributed by atoms with E-state index >= 15 is 0 Å². The number of aromatic nitrogens is 4. The molecule has 9 heteroatoms. The van der Waals surface area contributed by atoms with Crippen molar-refractivity contribution >= 4 is 21.8 Å². The van der Waals surface area contributed by atoms with Gasteiger partial charge in [-0.1, -0.05) is 0 Å². The SMILES string of the molecule is CNc1ccc(S(=O)(=O)Nc2nnc(C)c(C)n2)cn1. The van der Waals surface area contributed by atoms with Crippen LogP contribution in [0.15, 0.2) is 23.2 Å². The van der Waals surface area contributed by atoms with Gasteiger partial charge in [0.15, 0.2) is 0 Å². The summed E-state index contributed by atoms with van der Waals surface area (Å²) in [7, 11) is -2.08. The topological polar surface area (TPSA) is 110 Å². The maximum Gasteiger partial charge on any atom is 0.265 e. The fraction of sp³-hybridized carbons (Fsp3) is 0.273. The Hall–Kier alpha value is -2.29. The number of hydrogen-bond donors (Lipinski definition) is 2. The molecule has 0 radical (unpaired) electrons. The molecule has 0 aliphatic rings. The van der Waals surface area contributed by atoms with Crippen molar-refractivity contribution in [2.75, 3.05) is 17.1 Å². The molecule has 2 aromatic heterocycles. The summed E-state index contributed by atoms with van der Waals surface area (Å²) in [6.45, 7) is 3.47. The minimum absolute atomic E-state index is 0.0262. The molecule has 2 N–H and O–H groups in total. The highest BCUT2D eigenvalue weighted by Crippen LogP contribution is 2.13. The molecule has 106 valence electrons. The smallest absolute Gasteiger partial charge is 0.265 e. The average molecular weight is 294 g/mol. The van der Waals surface area contributed by atoms with E-state index in [0.717, 1.165) is 0 Å². The summed E-state index contributed by atoms with van der Waals surface area (Å²) in [5, 5.41) is 10.3. The molecule has 0 bridgehead atoms. The first-order valence-corrected chi connectivity index (χ1v) is 7.25. The molecular weight excluding hydrogens is 280 g/mol. The molecule has 0 aliphatic carbocycles. The van der Waals surface area contributed by atoms with E-state index in [-0.39, 0.29) is 10.8 Å². The summed E-state index contributed by atoms with van der Waals surface area (Å²) in [6, 6.07) is 3.00. The highest BCUT2D eigenvalue weighted by Gasteiger charge is 2.16. The van der Waals surface area contributed by atoms with Crippen LogP contribution in [0.5, 0.6) is 0 Å². The molecule has 2 heterocycles. The van der Waals surface area contributed by atoms with E-state index < -0.39 is 10.0 Å². The average Bonchev–Trinajstić information content (AvgIpc) is 2.43. The molecule has 0 aliphatic heterocycles. The Labute approximate surface area is 116 Å². The molecule has 20 heavy (non-hydrogen) atoms. The lowest BCUT2D eigenvalue weighted by atomic mass is 10.4. The number of aryl methyl sites for hydroxylation is 2. The first kappa shape index (κ1) is 14.1. The van der Waals surface area contributed by atoms with E-state index in [1.54, 1.807) is 27.0 Å². The van der Waals surface area contributed by atoms with Gasteiger partial charge in [-0.15, -0.1) is 5.10 Å². The van der Waals surface area contributed by atoms with Crippen molar-refractivity contribution in [3.05, 3.63) is 29.7 Å². The molecule has 8 nitrogen and oxygen atoms in total. The van der Waals surface area contributed by atoms with Crippen LogP contribution in [0.1, 0.15) is 11.4 Å². The molecule has 0 atom stereocenters. The normalized spacial score (nSPS) is 11.2. The van der Waals surface area contributed by atoms with E-state index in [1.807, 2.05) is 0 Å². The lowest BCUT2D eigenvalue weighted by molar-refractivity contribution is 0.600. The van der Waals surface area contributed by atoms with Crippen LogP contribution in [0.3, 0.4) is 0 Å².